The molecule has 0 amide bonds. The number of fused-ring (bicyclic) bond motifs is 1. The summed E-state index contributed by atoms with van der Waals surface area (Å²) < 4.78 is 11.4. The maximum absolute atomic E-state index is 10.8. The van der Waals surface area contributed by atoms with Crippen molar-refractivity contribution in [2.75, 3.05) is 13.2 Å². The average Bonchev–Trinajstić information content (AvgIpc) is 2.61. The Balaban J connectivity index is 2.39. The summed E-state index contributed by atoms with van der Waals surface area (Å²) in [4.78, 5) is 10.8. The predicted molar refractivity (Wildman–Crippen MR) is 70.6 cm³/mol. The number of aliphatic carboxylic acids is 1. The molecule has 0 spiro atoms. The lowest BCUT2D eigenvalue weighted by Crippen LogP contribution is -2.17. The number of benzene rings is 1. The van der Waals surface area contributed by atoms with Crippen molar-refractivity contribution >= 4 is 5.97 Å². The van der Waals surface area contributed by atoms with Gasteiger partial charge in [-0.15, -0.1) is 0 Å². The minimum atomic E-state index is -0.901. The van der Waals surface area contributed by atoms with E-state index < -0.39 is 12.0 Å². The van der Waals surface area contributed by atoms with Crippen LogP contribution in [0.5, 0.6) is 11.5 Å². The number of rotatable bonds is 4. The van der Waals surface area contributed by atoms with Crippen LogP contribution in [0.1, 0.15) is 36.9 Å². The lowest BCUT2D eigenvalue weighted by molar-refractivity contribution is -0.137. The van der Waals surface area contributed by atoms with Crippen molar-refractivity contribution in [2.24, 2.45) is 5.73 Å². The van der Waals surface area contributed by atoms with E-state index in [1.54, 1.807) is 0 Å². The molecular formula is C14H19NO4. The van der Waals surface area contributed by atoms with Crippen LogP contribution >= 0.6 is 0 Å². The maximum atomic E-state index is 10.8. The van der Waals surface area contributed by atoms with Crippen LogP contribution in [-0.4, -0.2) is 24.3 Å². The van der Waals surface area contributed by atoms with Crippen LogP contribution in [0.4, 0.5) is 0 Å². The zero-order chi connectivity index (χ0) is 13.8. The Morgan fingerprint density at radius 1 is 1.42 bits per heavy atom. The Morgan fingerprint density at radius 2 is 2.16 bits per heavy atom. The number of carboxylic acid groups (broad SMARTS) is 1. The quantitative estimate of drug-likeness (QED) is 0.868. The van der Waals surface area contributed by atoms with Gasteiger partial charge in [0.15, 0.2) is 11.5 Å². The lowest BCUT2D eigenvalue weighted by atomic mass is 9.95. The van der Waals surface area contributed by atoms with E-state index >= 15 is 0 Å². The van der Waals surface area contributed by atoms with Crippen molar-refractivity contribution < 1.29 is 19.4 Å². The smallest absolute Gasteiger partial charge is 0.305 e. The highest BCUT2D eigenvalue weighted by Crippen LogP contribution is 2.38. The molecule has 1 aliphatic rings. The SMILES string of the molecule is CCc1c(C(N)CC(=O)O)ccc2c1OCCCO2. The van der Waals surface area contributed by atoms with Gasteiger partial charge in [-0.3, -0.25) is 4.79 Å². The van der Waals surface area contributed by atoms with Crippen LogP contribution in [0, 0.1) is 0 Å². The Bertz CT molecular complexity index is 473. The largest absolute Gasteiger partial charge is 0.490 e. The molecule has 0 saturated heterocycles. The van der Waals surface area contributed by atoms with Crippen molar-refractivity contribution in [3.8, 4) is 11.5 Å². The van der Waals surface area contributed by atoms with E-state index in [0.717, 1.165) is 35.5 Å². The fourth-order valence-corrected chi connectivity index (χ4v) is 2.32. The summed E-state index contributed by atoms with van der Waals surface area (Å²) in [6, 6.07) is 3.14. The van der Waals surface area contributed by atoms with Gasteiger partial charge >= 0.3 is 5.97 Å². The van der Waals surface area contributed by atoms with Crippen molar-refractivity contribution in [1.82, 2.24) is 0 Å². The molecule has 2 rings (SSSR count). The molecule has 0 fully saturated rings. The predicted octanol–water partition coefficient (Wildman–Crippen LogP) is 1.88. The third-order valence-electron chi connectivity index (χ3n) is 3.20. The molecule has 1 atom stereocenters. The molecular weight excluding hydrogens is 246 g/mol. The van der Waals surface area contributed by atoms with Gasteiger partial charge in [-0.2, -0.15) is 0 Å². The molecule has 5 nitrogen and oxygen atoms in total. The second-order valence-corrected chi connectivity index (χ2v) is 4.57. The van der Waals surface area contributed by atoms with E-state index in [4.69, 9.17) is 20.3 Å². The first-order chi connectivity index (χ1) is 9.13. The van der Waals surface area contributed by atoms with Crippen LogP contribution in [0.3, 0.4) is 0 Å². The molecule has 1 heterocycles. The highest BCUT2D eigenvalue weighted by Gasteiger charge is 2.21. The van der Waals surface area contributed by atoms with E-state index in [1.807, 2.05) is 19.1 Å². The van der Waals surface area contributed by atoms with E-state index in [9.17, 15) is 4.79 Å². The first-order valence-corrected chi connectivity index (χ1v) is 6.52. The molecule has 0 aliphatic carbocycles. The number of nitrogens with two attached hydrogens (primary N) is 1. The molecule has 0 saturated carbocycles. The standard InChI is InChI=1S/C14H19NO4/c1-2-9-10(11(15)8-13(16)17)4-5-12-14(9)19-7-3-6-18-12/h4-5,11H,2-3,6-8,15H2,1H3,(H,16,17). The minimum absolute atomic E-state index is 0.0906. The van der Waals surface area contributed by atoms with Crippen LogP contribution in [0.25, 0.3) is 0 Å². The Morgan fingerprint density at radius 3 is 2.84 bits per heavy atom. The normalized spacial score (nSPS) is 15.7. The third-order valence-corrected chi connectivity index (χ3v) is 3.20. The molecule has 104 valence electrons. The fraction of sp³-hybridized carbons (Fsp3) is 0.500. The Kier molecular flexibility index (Phi) is 4.27. The second kappa shape index (κ2) is 5.93. The van der Waals surface area contributed by atoms with Gasteiger partial charge in [-0.05, 0) is 18.1 Å². The van der Waals surface area contributed by atoms with E-state index in [1.165, 1.54) is 0 Å². The summed E-state index contributed by atoms with van der Waals surface area (Å²) in [6.07, 6.45) is 1.48. The van der Waals surface area contributed by atoms with Gasteiger partial charge < -0.3 is 20.3 Å². The summed E-state index contributed by atoms with van der Waals surface area (Å²) in [5.74, 6) is 0.542. The van der Waals surface area contributed by atoms with Crippen LogP contribution < -0.4 is 15.2 Å². The summed E-state index contributed by atoms with van der Waals surface area (Å²) >= 11 is 0. The van der Waals surface area contributed by atoms with Crippen LogP contribution in [-0.2, 0) is 11.2 Å². The Hall–Kier alpha value is -1.75. The van der Waals surface area contributed by atoms with Crippen molar-refractivity contribution in [3.05, 3.63) is 23.3 Å². The maximum Gasteiger partial charge on any atom is 0.305 e. The monoisotopic (exact) mass is 265 g/mol. The molecule has 1 aliphatic heterocycles. The molecule has 5 heteroatoms. The van der Waals surface area contributed by atoms with Gasteiger partial charge in [0.2, 0.25) is 0 Å². The molecule has 19 heavy (non-hydrogen) atoms. The van der Waals surface area contributed by atoms with Gasteiger partial charge in [-0.25, -0.2) is 0 Å². The van der Waals surface area contributed by atoms with E-state index in [2.05, 4.69) is 0 Å². The fourth-order valence-electron chi connectivity index (χ4n) is 2.32. The topological polar surface area (TPSA) is 81.8 Å². The first-order valence-electron chi connectivity index (χ1n) is 6.52. The number of hydrogen-bond acceptors (Lipinski definition) is 4. The van der Waals surface area contributed by atoms with Gasteiger partial charge in [-0.1, -0.05) is 13.0 Å². The zero-order valence-corrected chi connectivity index (χ0v) is 11.0. The molecule has 1 unspecified atom stereocenters. The van der Waals surface area contributed by atoms with Crippen LogP contribution in [0.2, 0.25) is 0 Å². The van der Waals surface area contributed by atoms with Crippen molar-refractivity contribution in [2.45, 2.75) is 32.2 Å². The summed E-state index contributed by atoms with van der Waals surface area (Å²) in [6.45, 7) is 3.25. The van der Waals surface area contributed by atoms with Crippen molar-refractivity contribution in [1.29, 1.82) is 0 Å². The molecule has 0 aromatic heterocycles. The summed E-state index contributed by atoms with van der Waals surface area (Å²) in [7, 11) is 0. The van der Waals surface area contributed by atoms with Gasteiger partial charge in [0, 0.05) is 18.0 Å². The molecule has 3 N–H and O–H groups in total. The molecule has 0 radical (unpaired) electrons. The van der Waals surface area contributed by atoms with Crippen LogP contribution in [0.15, 0.2) is 12.1 Å². The molecule has 1 aromatic carbocycles. The van der Waals surface area contributed by atoms with E-state index in [0.29, 0.717) is 13.2 Å². The van der Waals surface area contributed by atoms with E-state index in [-0.39, 0.29) is 6.42 Å². The molecule has 1 aromatic rings. The third kappa shape index (κ3) is 2.98. The van der Waals surface area contributed by atoms with Gasteiger partial charge in [0.25, 0.3) is 0 Å². The zero-order valence-electron chi connectivity index (χ0n) is 11.0. The van der Waals surface area contributed by atoms with Gasteiger partial charge in [0.1, 0.15) is 0 Å². The highest BCUT2D eigenvalue weighted by atomic mass is 16.5. The van der Waals surface area contributed by atoms with Gasteiger partial charge in [0.05, 0.1) is 19.6 Å². The summed E-state index contributed by atoms with van der Waals surface area (Å²) in [5.41, 5.74) is 7.75. The first kappa shape index (κ1) is 13.7. The number of carboxylic acids is 1. The molecule has 0 bridgehead atoms. The Labute approximate surface area is 112 Å². The second-order valence-electron chi connectivity index (χ2n) is 4.57. The van der Waals surface area contributed by atoms with Crippen molar-refractivity contribution in [3.63, 3.8) is 0 Å². The number of hydrogen-bond donors (Lipinski definition) is 2. The average molecular weight is 265 g/mol. The number of carbonyl (C=O) groups is 1. The minimum Gasteiger partial charge on any atom is -0.490 e. The highest BCUT2D eigenvalue weighted by molar-refractivity contribution is 5.68. The summed E-state index contributed by atoms with van der Waals surface area (Å²) in [5, 5.41) is 8.86. The lowest BCUT2D eigenvalue weighted by Gasteiger charge is -2.19. The number of ether oxygens (including phenoxy) is 2.